The molecule has 3 nitrogen and oxygen atoms in total. The lowest BCUT2D eigenvalue weighted by Gasteiger charge is -2.28. The van der Waals surface area contributed by atoms with Crippen molar-refractivity contribution in [1.82, 2.24) is 0 Å². The number of rotatable bonds is 1. The van der Waals surface area contributed by atoms with Gasteiger partial charge in [0, 0.05) is 18.0 Å². The third kappa shape index (κ3) is 1.55. The van der Waals surface area contributed by atoms with E-state index < -0.39 is 0 Å². The maximum Gasteiger partial charge on any atom is 0.124 e. The minimum absolute atomic E-state index is 0.0591. The molecule has 2 N–H and O–H groups in total. The number of methoxy groups -OCH3 is 1. The first-order chi connectivity index (χ1) is 6.70. The van der Waals surface area contributed by atoms with E-state index >= 15 is 0 Å². The Morgan fingerprint density at radius 2 is 2.29 bits per heavy atom. The molecule has 3 heteroatoms. The molecule has 0 amide bonds. The van der Waals surface area contributed by atoms with E-state index in [1.807, 2.05) is 25.1 Å². The fraction of sp³-hybridized carbons (Fsp3) is 0.455. The third-order valence-corrected chi connectivity index (χ3v) is 2.53. The Bertz CT molecular complexity index is 338. The average molecular weight is 193 g/mol. The quantitative estimate of drug-likeness (QED) is 0.740. The fourth-order valence-corrected chi connectivity index (χ4v) is 1.80. The highest BCUT2D eigenvalue weighted by Crippen LogP contribution is 2.35. The molecule has 1 unspecified atom stereocenters. The van der Waals surface area contributed by atoms with Gasteiger partial charge in [0.05, 0.1) is 13.2 Å². The molecular weight excluding hydrogens is 178 g/mol. The molecule has 0 saturated carbocycles. The van der Waals surface area contributed by atoms with Crippen LogP contribution >= 0.6 is 0 Å². The van der Waals surface area contributed by atoms with Crippen molar-refractivity contribution < 1.29 is 9.47 Å². The van der Waals surface area contributed by atoms with Crippen LogP contribution in [0.25, 0.3) is 0 Å². The van der Waals surface area contributed by atoms with Crippen LogP contribution in [0.1, 0.15) is 24.9 Å². The molecule has 14 heavy (non-hydrogen) atoms. The van der Waals surface area contributed by atoms with Crippen LogP contribution < -0.4 is 15.2 Å². The van der Waals surface area contributed by atoms with Crippen LogP contribution in [0.2, 0.25) is 0 Å². The van der Waals surface area contributed by atoms with E-state index in [0.717, 1.165) is 23.5 Å². The van der Waals surface area contributed by atoms with Gasteiger partial charge in [-0.1, -0.05) is 0 Å². The van der Waals surface area contributed by atoms with Crippen molar-refractivity contribution in [2.45, 2.75) is 25.5 Å². The molecule has 1 aliphatic heterocycles. The van der Waals surface area contributed by atoms with Gasteiger partial charge >= 0.3 is 0 Å². The standard InChI is InChI=1S/C11H15NO2/c1-7-5-10(12)9-6-8(13-2)3-4-11(9)14-7/h3-4,6-7,10H,5,12H2,1-2H3/t7?,10-/m1/s1. The van der Waals surface area contributed by atoms with Gasteiger partial charge in [-0.25, -0.2) is 0 Å². The number of hydrogen-bond donors (Lipinski definition) is 1. The van der Waals surface area contributed by atoms with E-state index in [1.54, 1.807) is 7.11 Å². The minimum atomic E-state index is 0.0591. The van der Waals surface area contributed by atoms with Crippen molar-refractivity contribution in [2.24, 2.45) is 5.73 Å². The van der Waals surface area contributed by atoms with E-state index in [4.69, 9.17) is 15.2 Å². The van der Waals surface area contributed by atoms with Gasteiger partial charge in [-0.15, -0.1) is 0 Å². The maximum atomic E-state index is 6.02. The monoisotopic (exact) mass is 193 g/mol. The first kappa shape index (κ1) is 9.34. The Kier molecular flexibility index (Phi) is 2.33. The summed E-state index contributed by atoms with van der Waals surface area (Å²) in [5.41, 5.74) is 7.07. The van der Waals surface area contributed by atoms with Gasteiger partial charge in [-0.05, 0) is 25.1 Å². The second-order valence-electron chi connectivity index (χ2n) is 3.67. The molecule has 2 rings (SSSR count). The summed E-state index contributed by atoms with van der Waals surface area (Å²) in [5.74, 6) is 1.72. The number of hydrogen-bond acceptors (Lipinski definition) is 3. The number of ether oxygens (including phenoxy) is 2. The highest BCUT2D eigenvalue weighted by molar-refractivity contribution is 5.43. The SMILES string of the molecule is COc1ccc2c(c1)[C@H](N)CC(C)O2. The molecule has 0 fully saturated rings. The van der Waals surface area contributed by atoms with Crippen molar-refractivity contribution in [2.75, 3.05) is 7.11 Å². The zero-order valence-corrected chi connectivity index (χ0v) is 8.49. The molecule has 0 aliphatic carbocycles. The van der Waals surface area contributed by atoms with Crippen molar-refractivity contribution in [1.29, 1.82) is 0 Å². The minimum Gasteiger partial charge on any atom is -0.497 e. The van der Waals surface area contributed by atoms with Crippen LogP contribution in [-0.2, 0) is 0 Å². The summed E-state index contributed by atoms with van der Waals surface area (Å²) in [7, 11) is 1.65. The predicted octanol–water partition coefficient (Wildman–Crippen LogP) is 1.87. The van der Waals surface area contributed by atoms with E-state index in [-0.39, 0.29) is 12.1 Å². The molecule has 0 bridgehead atoms. The first-order valence-electron chi connectivity index (χ1n) is 4.81. The van der Waals surface area contributed by atoms with Gasteiger partial charge in [0.2, 0.25) is 0 Å². The summed E-state index contributed by atoms with van der Waals surface area (Å²) in [6, 6.07) is 5.82. The lowest BCUT2D eigenvalue weighted by molar-refractivity contribution is 0.176. The van der Waals surface area contributed by atoms with Crippen molar-refractivity contribution >= 4 is 0 Å². The highest BCUT2D eigenvalue weighted by atomic mass is 16.5. The van der Waals surface area contributed by atoms with Crippen LogP contribution in [0.4, 0.5) is 0 Å². The van der Waals surface area contributed by atoms with Crippen LogP contribution in [-0.4, -0.2) is 13.2 Å². The molecule has 0 aromatic heterocycles. The van der Waals surface area contributed by atoms with Gasteiger partial charge in [-0.3, -0.25) is 0 Å². The fourth-order valence-electron chi connectivity index (χ4n) is 1.80. The Morgan fingerprint density at radius 3 is 3.00 bits per heavy atom. The summed E-state index contributed by atoms with van der Waals surface area (Å²) in [6.45, 7) is 2.03. The zero-order valence-electron chi connectivity index (χ0n) is 8.49. The van der Waals surface area contributed by atoms with Crippen LogP contribution in [0.5, 0.6) is 11.5 Å². The molecule has 0 radical (unpaired) electrons. The summed E-state index contributed by atoms with van der Waals surface area (Å²) < 4.78 is 10.8. The van der Waals surface area contributed by atoms with E-state index in [1.165, 1.54) is 0 Å². The van der Waals surface area contributed by atoms with Crippen molar-refractivity contribution in [3.05, 3.63) is 23.8 Å². The maximum absolute atomic E-state index is 6.02. The molecule has 1 aromatic carbocycles. The smallest absolute Gasteiger partial charge is 0.124 e. The molecule has 1 aliphatic rings. The lowest BCUT2D eigenvalue weighted by Crippen LogP contribution is -2.27. The summed E-state index contributed by atoms with van der Waals surface area (Å²) in [4.78, 5) is 0. The number of benzene rings is 1. The van der Waals surface area contributed by atoms with Gasteiger partial charge in [0.15, 0.2) is 0 Å². The van der Waals surface area contributed by atoms with E-state index in [0.29, 0.717) is 0 Å². The van der Waals surface area contributed by atoms with Crippen LogP contribution in [0.3, 0.4) is 0 Å². The van der Waals surface area contributed by atoms with Crippen molar-refractivity contribution in [3.63, 3.8) is 0 Å². The Labute approximate surface area is 83.8 Å². The molecular formula is C11H15NO2. The molecule has 76 valence electrons. The van der Waals surface area contributed by atoms with Crippen molar-refractivity contribution in [3.8, 4) is 11.5 Å². The lowest BCUT2D eigenvalue weighted by atomic mass is 9.98. The molecule has 1 aromatic rings. The van der Waals surface area contributed by atoms with E-state index in [2.05, 4.69) is 0 Å². The van der Waals surface area contributed by atoms with E-state index in [9.17, 15) is 0 Å². The second kappa shape index (κ2) is 3.50. The van der Waals surface area contributed by atoms with Gasteiger partial charge in [0.25, 0.3) is 0 Å². The number of nitrogens with two attached hydrogens (primary N) is 1. The summed E-state index contributed by atoms with van der Waals surface area (Å²) in [5, 5.41) is 0. The predicted molar refractivity (Wildman–Crippen MR) is 54.6 cm³/mol. The third-order valence-electron chi connectivity index (χ3n) is 2.53. The molecule has 2 atom stereocenters. The molecule has 1 heterocycles. The molecule has 0 saturated heterocycles. The van der Waals surface area contributed by atoms with Gasteiger partial charge in [-0.2, -0.15) is 0 Å². The normalized spacial score (nSPS) is 25.1. The topological polar surface area (TPSA) is 44.5 Å². The average Bonchev–Trinajstić information content (AvgIpc) is 2.17. The van der Waals surface area contributed by atoms with Crippen LogP contribution in [0.15, 0.2) is 18.2 Å². The zero-order chi connectivity index (χ0) is 10.1. The number of fused-ring (bicyclic) bond motifs is 1. The first-order valence-corrected chi connectivity index (χ1v) is 4.81. The largest absolute Gasteiger partial charge is 0.497 e. The summed E-state index contributed by atoms with van der Waals surface area (Å²) in [6.07, 6.45) is 1.06. The van der Waals surface area contributed by atoms with Gasteiger partial charge < -0.3 is 15.2 Å². The van der Waals surface area contributed by atoms with Gasteiger partial charge in [0.1, 0.15) is 11.5 Å². The highest BCUT2D eigenvalue weighted by Gasteiger charge is 2.23. The Hall–Kier alpha value is -1.22. The Morgan fingerprint density at radius 1 is 1.50 bits per heavy atom. The molecule has 0 spiro atoms. The van der Waals surface area contributed by atoms with Crippen LogP contribution in [0, 0.1) is 0 Å². The Balaban J connectivity index is 2.39. The second-order valence-corrected chi connectivity index (χ2v) is 3.67. The summed E-state index contributed by atoms with van der Waals surface area (Å²) >= 11 is 0.